The number of hydrogen-bond donors (Lipinski definition) is 0. The van der Waals surface area contributed by atoms with Crippen molar-refractivity contribution in [1.29, 1.82) is 0 Å². The Morgan fingerprint density at radius 2 is 1.91 bits per heavy atom. The van der Waals surface area contributed by atoms with E-state index in [9.17, 15) is 18.4 Å². The van der Waals surface area contributed by atoms with Crippen LogP contribution in [0.1, 0.15) is 66.8 Å². The van der Waals surface area contributed by atoms with Gasteiger partial charge in [0.15, 0.2) is 6.10 Å². The molecule has 0 spiro atoms. The van der Waals surface area contributed by atoms with Gasteiger partial charge in [0.05, 0.1) is 22.8 Å². The lowest BCUT2D eigenvalue weighted by molar-refractivity contribution is -0.142. The highest BCUT2D eigenvalue weighted by Gasteiger charge is 2.32. The summed E-state index contributed by atoms with van der Waals surface area (Å²) in [6, 6.07) is 3.74. The molecule has 1 atom stereocenters. The van der Waals surface area contributed by atoms with Crippen molar-refractivity contribution in [2.24, 2.45) is 5.16 Å². The lowest BCUT2D eigenvalue weighted by Crippen LogP contribution is -2.46. The van der Waals surface area contributed by atoms with Gasteiger partial charge in [-0.2, -0.15) is 0 Å². The molecule has 0 bridgehead atoms. The van der Waals surface area contributed by atoms with Gasteiger partial charge in [-0.1, -0.05) is 11.2 Å². The van der Waals surface area contributed by atoms with Crippen LogP contribution < -0.4 is 0 Å². The number of carbonyl (C=O) groups excluding carboxylic acids is 2. The Morgan fingerprint density at radius 3 is 2.65 bits per heavy atom. The monoisotopic (exact) mass is 488 g/mol. The molecular formula is C24H26F2N4O3S. The summed E-state index contributed by atoms with van der Waals surface area (Å²) in [5, 5.41) is 6.91. The van der Waals surface area contributed by atoms with E-state index in [4.69, 9.17) is 9.82 Å². The van der Waals surface area contributed by atoms with Crippen LogP contribution in [0.25, 0.3) is 0 Å². The van der Waals surface area contributed by atoms with Crippen LogP contribution in [-0.4, -0.2) is 58.5 Å². The molecule has 3 aliphatic rings. The number of halogens is 2. The topological polar surface area (TPSA) is 75.1 Å². The number of likely N-dealkylation sites (tertiary alicyclic amines) is 2. The van der Waals surface area contributed by atoms with Gasteiger partial charge in [-0.05, 0) is 37.8 Å². The predicted molar refractivity (Wildman–Crippen MR) is 122 cm³/mol. The maximum absolute atomic E-state index is 14.1. The van der Waals surface area contributed by atoms with E-state index in [-0.39, 0.29) is 36.3 Å². The van der Waals surface area contributed by atoms with Gasteiger partial charge in [-0.25, -0.2) is 13.8 Å². The van der Waals surface area contributed by atoms with E-state index in [2.05, 4.69) is 5.16 Å². The molecule has 0 saturated carbocycles. The van der Waals surface area contributed by atoms with Crippen LogP contribution in [0, 0.1) is 11.6 Å². The van der Waals surface area contributed by atoms with Crippen molar-refractivity contribution >= 4 is 28.9 Å². The maximum atomic E-state index is 14.1. The Hall–Kier alpha value is -2.88. The first-order valence-electron chi connectivity index (χ1n) is 11.7. The van der Waals surface area contributed by atoms with Gasteiger partial charge in [0.1, 0.15) is 17.3 Å². The summed E-state index contributed by atoms with van der Waals surface area (Å²) in [4.78, 5) is 38.2. The number of amides is 2. The van der Waals surface area contributed by atoms with Gasteiger partial charge in [0.2, 0.25) is 11.8 Å². The minimum absolute atomic E-state index is 0.0115. The average molecular weight is 489 g/mol. The second-order valence-electron chi connectivity index (χ2n) is 8.97. The van der Waals surface area contributed by atoms with Crippen molar-refractivity contribution in [3.63, 3.8) is 0 Å². The van der Waals surface area contributed by atoms with Crippen LogP contribution in [0.3, 0.4) is 0 Å². The van der Waals surface area contributed by atoms with Crippen LogP contribution in [0.5, 0.6) is 0 Å². The molecule has 2 aromatic rings. The maximum Gasteiger partial charge on any atom is 0.242 e. The van der Waals surface area contributed by atoms with E-state index >= 15 is 0 Å². The van der Waals surface area contributed by atoms with Crippen molar-refractivity contribution in [1.82, 2.24) is 14.8 Å². The molecule has 1 aromatic heterocycles. The smallest absolute Gasteiger partial charge is 0.242 e. The molecule has 0 aliphatic carbocycles. The summed E-state index contributed by atoms with van der Waals surface area (Å²) < 4.78 is 28.2. The number of piperidine rings is 2. The highest BCUT2D eigenvalue weighted by atomic mass is 32.1. The third kappa shape index (κ3) is 4.68. The van der Waals surface area contributed by atoms with Gasteiger partial charge in [0.25, 0.3) is 0 Å². The summed E-state index contributed by atoms with van der Waals surface area (Å²) in [7, 11) is 0. The third-order valence-corrected chi connectivity index (χ3v) is 7.76. The number of carbonyl (C=O) groups is 2. The summed E-state index contributed by atoms with van der Waals surface area (Å²) >= 11 is 1.53. The molecule has 5 rings (SSSR count). The molecule has 180 valence electrons. The molecule has 0 unspecified atom stereocenters. The van der Waals surface area contributed by atoms with Gasteiger partial charge in [-0.3, -0.25) is 9.59 Å². The first-order valence-corrected chi connectivity index (χ1v) is 12.6. The Balaban J connectivity index is 1.15. The molecule has 0 N–H and O–H groups in total. The zero-order valence-electron chi connectivity index (χ0n) is 18.7. The molecule has 3 aliphatic heterocycles. The van der Waals surface area contributed by atoms with E-state index in [1.165, 1.54) is 29.5 Å². The first-order chi connectivity index (χ1) is 16.5. The zero-order valence-corrected chi connectivity index (χ0v) is 19.5. The molecule has 7 nitrogen and oxygen atoms in total. The molecule has 34 heavy (non-hydrogen) atoms. The van der Waals surface area contributed by atoms with Gasteiger partial charge >= 0.3 is 0 Å². The van der Waals surface area contributed by atoms with E-state index in [0.29, 0.717) is 37.5 Å². The van der Waals surface area contributed by atoms with Gasteiger partial charge in [0, 0.05) is 43.8 Å². The molecule has 2 saturated heterocycles. The normalized spacial score (nSPS) is 21.5. The fraction of sp³-hybridized carbons (Fsp3) is 0.500. The molecule has 0 radical (unpaired) electrons. The number of rotatable bonds is 5. The Kier molecular flexibility index (Phi) is 6.58. The predicted octanol–water partition coefficient (Wildman–Crippen LogP) is 4.01. The number of benzene rings is 1. The largest absolute Gasteiger partial charge is 0.387 e. The first kappa shape index (κ1) is 22.9. The Bertz CT molecular complexity index is 1090. The minimum Gasteiger partial charge on any atom is -0.387 e. The third-order valence-electron chi connectivity index (χ3n) is 6.75. The molecule has 1 aromatic carbocycles. The van der Waals surface area contributed by atoms with E-state index in [0.717, 1.165) is 30.7 Å². The molecule has 2 fully saturated rings. The lowest BCUT2D eigenvalue weighted by atomic mass is 9.97. The Morgan fingerprint density at radius 1 is 1.15 bits per heavy atom. The fourth-order valence-electron chi connectivity index (χ4n) is 4.78. The second kappa shape index (κ2) is 9.77. The van der Waals surface area contributed by atoms with Gasteiger partial charge < -0.3 is 14.6 Å². The standard InChI is InChI=1S/C24H26F2N4O3S/c25-16-4-3-5-17(26)23(16)20-12-18(28-33-20)19-14-34-24(27-19)15-7-10-29(11-8-15)22(32)13-30-9-2-1-6-21(30)31/h3-5,14-15,20H,1-2,6-13H2/t20-/m1/s1. The van der Waals surface area contributed by atoms with Crippen LogP contribution in [-0.2, 0) is 14.4 Å². The number of oxime groups is 1. The number of thiazole rings is 1. The molecular weight excluding hydrogens is 462 g/mol. The van der Waals surface area contributed by atoms with Crippen LogP contribution in [0.4, 0.5) is 8.78 Å². The van der Waals surface area contributed by atoms with Crippen molar-refractivity contribution < 1.29 is 23.2 Å². The Labute approximate surface area is 200 Å². The van der Waals surface area contributed by atoms with Crippen molar-refractivity contribution in [2.75, 3.05) is 26.2 Å². The molecule has 4 heterocycles. The molecule has 10 heteroatoms. The molecule has 2 amide bonds. The summed E-state index contributed by atoms with van der Waals surface area (Å²) in [5.41, 5.74) is 1.13. The van der Waals surface area contributed by atoms with E-state index in [1.807, 2.05) is 10.3 Å². The van der Waals surface area contributed by atoms with Crippen molar-refractivity contribution in [3.8, 4) is 0 Å². The van der Waals surface area contributed by atoms with E-state index < -0.39 is 17.7 Å². The highest BCUT2D eigenvalue weighted by Crippen LogP contribution is 2.35. The summed E-state index contributed by atoms with van der Waals surface area (Å²) in [6.45, 7) is 2.12. The van der Waals surface area contributed by atoms with Gasteiger partial charge in [-0.15, -0.1) is 11.3 Å². The minimum atomic E-state index is -0.803. The van der Waals surface area contributed by atoms with Crippen LogP contribution in [0.2, 0.25) is 0 Å². The summed E-state index contributed by atoms with van der Waals surface area (Å²) in [6.07, 6.45) is 3.46. The van der Waals surface area contributed by atoms with E-state index in [1.54, 1.807) is 4.90 Å². The number of hydrogen-bond acceptors (Lipinski definition) is 6. The average Bonchev–Trinajstić information content (AvgIpc) is 3.51. The highest BCUT2D eigenvalue weighted by molar-refractivity contribution is 7.10. The van der Waals surface area contributed by atoms with Crippen LogP contribution in [0.15, 0.2) is 28.7 Å². The fourth-order valence-corrected chi connectivity index (χ4v) is 5.78. The number of aromatic nitrogens is 1. The zero-order chi connectivity index (χ0) is 23.7. The second-order valence-corrected chi connectivity index (χ2v) is 9.86. The number of nitrogens with zero attached hydrogens (tertiary/aromatic N) is 4. The lowest BCUT2D eigenvalue weighted by Gasteiger charge is -2.34. The van der Waals surface area contributed by atoms with Crippen molar-refractivity contribution in [2.45, 2.75) is 50.5 Å². The van der Waals surface area contributed by atoms with Crippen molar-refractivity contribution in [3.05, 3.63) is 51.5 Å². The van der Waals surface area contributed by atoms with Crippen LogP contribution >= 0.6 is 11.3 Å². The summed E-state index contributed by atoms with van der Waals surface area (Å²) in [5.74, 6) is -0.971. The SMILES string of the molecule is O=C(CN1CCCCC1=O)N1CCC(c2nc(C3=NO[C@@H](c4c(F)cccc4F)C3)cs2)CC1. The quantitative estimate of drug-likeness (QED) is 0.638.